The molecule has 0 heterocycles. The molecule has 0 unspecified atom stereocenters. The maximum atomic E-state index is 10.8. The second-order valence-corrected chi connectivity index (χ2v) is 3.41. The summed E-state index contributed by atoms with van der Waals surface area (Å²) in [6.07, 6.45) is 1.16. The lowest BCUT2D eigenvalue weighted by Gasteiger charge is -1.98. The van der Waals surface area contributed by atoms with E-state index in [0.29, 0.717) is 5.56 Å². The molecule has 17 heavy (non-hydrogen) atoms. The van der Waals surface area contributed by atoms with E-state index < -0.39 is 10.8 Å². The number of carbonyl (C=O) groups is 1. The minimum Gasteiger partial charge on any atom is -0.365 e. The van der Waals surface area contributed by atoms with Crippen LogP contribution in [0.1, 0.15) is 5.56 Å². The highest BCUT2D eigenvalue weighted by Crippen LogP contribution is 2.25. The van der Waals surface area contributed by atoms with E-state index in [1.165, 1.54) is 12.1 Å². The number of benzene rings is 1. The number of hydrogen-bond donors (Lipinski definition) is 1. The topological polar surface area (TPSA) is 110 Å². The lowest BCUT2D eigenvalue weighted by Crippen LogP contribution is -2.12. The highest BCUT2D eigenvalue weighted by molar-refractivity contribution is 6.32. The number of nitriles is 1. The van der Waals surface area contributed by atoms with Crippen molar-refractivity contribution in [2.24, 2.45) is 5.73 Å². The first kappa shape index (κ1) is 12.7. The molecule has 0 radical (unpaired) electrons. The fraction of sp³-hybridized carbons (Fsp3) is 0. The van der Waals surface area contributed by atoms with Gasteiger partial charge in [-0.05, 0) is 17.7 Å². The summed E-state index contributed by atoms with van der Waals surface area (Å²) in [5.41, 5.74) is 4.64. The highest BCUT2D eigenvalue weighted by atomic mass is 35.5. The largest absolute Gasteiger partial charge is 0.365 e. The van der Waals surface area contributed by atoms with Gasteiger partial charge in [0.2, 0.25) is 0 Å². The lowest BCUT2D eigenvalue weighted by molar-refractivity contribution is -0.384. The van der Waals surface area contributed by atoms with Gasteiger partial charge >= 0.3 is 0 Å². The number of halogens is 1. The molecule has 1 rings (SSSR count). The third-order valence-electron chi connectivity index (χ3n) is 1.86. The minimum atomic E-state index is -0.898. The molecule has 2 N–H and O–H groups in total. The molecule has 1 aromatic carbocycles. The number of nitro benzene ring substituents is 1. The van der Waals surface area contributed by atoms with E-state index in [0.717, 1.165) is 12.1 Å². The van der Waals surface area contributed by atoms with Crippen molar-refractivity contribution in [3.05, 3.63) is 44.5 Å². The van der Waals surface area contributed by atoms with Crippen molar-refractivity contribution in [3.63, 3.8) is 0 Å². The number of amides is 1. The first-order valence-electron chi connectivity index (χ1n) is 4.31. The van der Waals surface area contributed by atoms with Gasteiger partial charge in [-0.3, -0.25) is 14.9 Å². The van der Waals surface area contributed by atoms with Crippen molar-refractivity contribution >= 4 is 29.3 Å². The third-order valence-corrected chi connectivity index (χ3v) is 2.18. The molecule has 0 bridgehead atoms. The van der Waals surface area contributed by atoms with Gasteiger partial charge in [-0.25, -0.2) is 0 Å². The second-order valence-electron chi connectivity index (χ2n) is 3.00. The van der Waals surface area contributed by atoms with E-state index in [9.17, 15) is 14.9 Å². The summed E-state index contributed by atoms with van der Waals surface area (Å²) >= 11 is 5.61. The van der Waals surface area contributed by atoms with E-state index >= 15 is 0 Å². The summed E-state index contributed by atoms with van der Waals surface area (Å²) < 4.78 is 0. The van der Waals surface area contributed by atoms with E-state index in [4.69, 9.17) is 22.6 Å². The molecule has 1 aromatic rings. The molecule has 0 spiro atoms. The molecule has 0 aliphatic heterocycles. The summed E-state index contributed by atoms with van der Waals surface area (Å²) in [5.74, 6) is -0.898. The molecule has 0 aliphatic rings. The van der Waals surface area contributed by atoms with Crippen LogP contribution in [0.25, 0.3) is 6.08 Å². The average Bonchev–Trinajstić information content (AvgIpc) is 2.27. The van der Waals surface area contributed by atoms with Crippen molar-refractivity contribution in [1.82, 2.24) is 0 Å². The number of rotatable bonds is 3. The van der Waals surface area contributed by atoms with Crippen LogP contribution in [0.2, 0.25) is 5.02 Å². The van der Waals surface area contributed by atoms with Crippen LogP contribution < -0.4 is 5.73 Å². The van der Waals surface area contributed by atoms with Crippen molar-refractivity contribution in [2.75, 3.05) is 0 Å². The van der Waals surface area contributed by atoms with Gasteiger partial charge in [-0.1, -0.05) is 17.7 Å². The molecule has 0 saturated carbocycles. The van der Waals surface area contributed by atoms with Crippen LogP contribution in [0, 0.1) is 21.4 Å². The maximum absolute atomic E-state index is 10.8. The second kappa shape index (κ2) is 5.09. The van der Waals surface area contributed by atoms with E-state index in [-0.39, 0.29) is 16.3 Å². The molecule has 0 atom stereocenters. The first-order valence-corrected chi connectivity index (χ1v) is 4.69. The molecule has 0 aromatic heterocycles. The van der Waals surface area contributed by atoms with Crippen molar-refractivity contribution < 1.29 is 9.72 Å². The van der Waals surface area contributed by atoms with Gasteiger partial charge < -0.3 is 5.73 Å². The lowest BCUT2D eigenvalue weighted by atomic mass is 10.1. The summed E-state index contributed by atoms with van der Waals surface area (Å²) in [7, 11) is 0. The van der Waals surface area contributed by atoms with Crippen molar-refractivity contribution in [3.8, 4) is 6.07 Å². The Balaban J connectivity index is 3.27. The molecule has 0 aliphatic carbocycles. The molecule has 0 fully saturated rings. The number of hydrogen-bond acceptors (Lipinski definition) is 4. The number of nitrogens with two attached hydrogens (primary N) is 1. The molecule has 6 nitrogen and oxygen atoms in total. The van der Waals surface area contributed by atoms with Gasteiger partial charge in [-0.2, -0.15) is 5.26 Å². The fourth-order valence-electron chi connectivity index (χ4n) is 1.08. The Morgan fingerprint density at radius 2 is 2.24 bits per heavy atom. The quantitative estimate of drug-likeness (QED) is 0.381. The van der Waals surface area contributed by atoms with Gasteiger partial charge in [0.25, 0.3) is 11.6 Å². The van der Waals surface area contributed by atoms with Crippen LogP contribution in [-0.2, 0) is 4.79 Å². The van der Waals surface area contributed by atoms with Crippen molar-refractivity contribution in [1.29, 1.82) is 5.26 Å². The summed E-state index contributed by atoms with van der Waals surface area (Å²) in [6.45, 7) is 0. The smallest absolute Gasteiger partial charge is 0.288 e. The first-order chi connectivity index (χ1) is 7.95. The van der Waals surface area contributed by atoms with Gasteiger partial charge in [0.15, 0.2) is 0 Å². The Hall–Kier alpha value is -2.39. The zero-order valence-electron chi connectivity index (χ0n) is 8.38. The SMILES string of the molecule is N#C/C(=C/c1ccc(Cl)c([N+](=O)[O-])c1)C(N)=O. The van der Waals surface area contributed by atoms with Crippen molar-refractivity contribution in [2.45, 2.75) is 0 Å². The number of nitrogens with zero attached hydrogens (tertiary/aromatic N) is 2. The number of primary amides is 1. The predicted molar refractivity (Wildman–Crippen MR) is 60.9 cm³/mol. The Morgan fingerprint density at radius 3 is 2.71 bits per heavy atom. The van der Waals surface area contributed by atoms with Crippen LogP contribution >= 0.6 is 11.6 Å². The van der Waals surface area contributed by atoms with Crippen LogP contribution in [0.15, 0.2) is 23.8 Å². The third kappa shape index (κ3) is 3.03. The monoisotopic (exact) mass is 251 g/mol. The van der Waals surface area contributed by atoms with Crippen LogP contribution in [-0.4, -0.2) is 10.8 Å². The van der Waals surface area contributed by atoms with Gasteiger partial charge in [-0.15, -0.1) is 0 Å². The molecular formula is C10H6ClN3O3. The van der Waals surface area contributed by atoms with E-state index in [2.05, 4.69) is 0 Å². The van der Waals surface area contributed by atoms with E-state index in [1.807, 2.05) is 0 Å². The van der Waals surface area contributed by atoms with E-state index in [1.54, 1.807) is 6.07 Å². The summed E-state index contributed by atoms with van der Waals surface area (Å²) in [6, 6.07) is 5.50. The van der Waals surface area contributed by atoms with Gasteiger partial charge in [0.1, 0.15) is 16.7 Å². The summed E-state index contributed by atoms with van der Waals surface area (Å²) in [5, 5.41) is 19.2. The van der Waals surface area contributed by atoms with Crippen LogP contribution in [0.5, 0.6) is 0 Å². The normalized spacial score (nSPS) is 10.7. The molecule has 7 heteroatoms. The molecular weight excluding hydrogens is 246 g/mol. The Kier molecular flexibility index (Phi) is 3.80. The van der Waals surface area contributed by atoms with Crippen LogP contribution in [0.4, 0.5) is 5.69 Å². The van der Waals surface area contributed by atoms with Gasteiger partial charge in [0, 0.05) is 6.07 Å². The highest BCUT2D eigenvalue weighted by Gasteiger charge is 2.12. The Morgan fingerprint density at radius 1 is 1.59 bits per heavy atom. The fourth-order valence-corrected chi connectivity index (χ4v) is 1.27. The number of carbonyl (C=O) groups excluding carboxylic acids is 1. The number of nitro groups is 1. The average molecular weight is 252 g/mol. The van der Waals surface area contributed by atoms with Gasteiger partial charge in [0.05, 0.1) is 4.92 Å². The minimum absolute atomic E-state index is 0.0234. The van der Waals surface area contributed by atoms with Crippen LogP contribution in [0.3, 0.4) is 0 Å². The molecule has 1 amide bonds. The predicted octanol–water partition coefficient (Wildman–Crippen LogP) is 1.64. The zero-order chi connectivity index (χ0) is 13.0. The standard InChI is InChI=1S/C10H6ClN3O3/c11-8-2-1-6(4-9(8)14(16)17)3-7(5-12)10(13)15/h1-4H,(H2,13,15)/b7-3-. The Bertz CT molecular complexity index is 560. The maximum Gasteiger partial charge on any atom is 0.288 e. The Labute approximate surface area is 101 Å². The molecule has 86 valence electrons. The summed E-state index contributed by atoms with van der Waals surface area (Å²) in [4.78, 5) is 20.7. The molecule has 0 saturated heterocycles. The zero-order valence-corrected chi connectivity index (χ0v) is 9.14.